The van der Waals surface area contributed by atoms with Crippen molar-refractivity contribution >= 4 is 12.5 Å². The fourth-order valence-corrected chi connectivity index (χ4v) is 1.50. The van der Waals surface area contributed by atoms with Crippen LogP contribution in [0, 0.1) is 0 Å². The molecule has 0 saturated heterocycles. The number of para-hydroxylation sites is 2. The van der Waals surface area contributed by atoms with Gasteiger partial charge in [-0.25, -0.2) is 0 Å². The molecule has 104 valence electrons. The maximum Gasteiger partial charge on any atom is 0.298 e. The van der Waals surface area contributed by atoms with E-state index in [0.717, 1.165) is 6.42 Å². The summed E-state index contributed by atoms with van der Waals surface area (Å²) in [5, 5.41) is 8.96. The number of carbonyl (C=O) groups is 1. The van der Waals surface area contributed by atoms with E-state index in [1.165, 1.54) is 23.3 Å². The molecule has 0 aliphatic carbocycles. The van der Waals surface area contributed by atoms with Gasteiger partial charge < -0.3 is 9.84 Å². The average molecular weight is 270 g/mol. The van der Waals surface area contributed by atoms with Crippen molar-refractivity contribution in [1.29, 1.82) is 0 Å². The Morgan fingerprint density at radius 1 is 1.15 bits per heavy atom. The Morgan fingerprint density at radius 3 is 2.30 bits per heavy atom. The maximum absolute atomic E-state index is 9.79. The first-order valence-corrected chi connectivity index (χ1v) is 6.31. The van der Waals surface area contributed by atoms with Crippen LogP contribution in [0.25, 0.3) is 6.08 Å². The van der Waals surface area contributed by atoms with E-state index in [0.29, 0.717) is 0 Å². The summed E-state index contributed by atoms with van der Waals surface area (Å²) < 4.78 is 4.41. The van der Waals surface area contributed by atoms with E-state index in [1.807, 2.05) is 6.08 Å². The Balaban J connectivity index is 0.000000200. The highest BCUT2D eigenvalue weighted by molar-refractivity contribution is 5.49. The number of phenols is 1. The van der Waals surface area contributed by atoms with Crippen molar-refractivity contribution in [2.75, 3.05) is 0 Å². The highest BCUT2D eigenvalue weighted by Crippen LogP contribution is 2.23. The number of ether oxygens (including phenoxy) is 1. The van der Waals surface area contributed by atoms with Crippen LogP contribution in [0.5, 0.6) is 11.5 Å². The van der Waals surface area contributed by atoms with E-state index in [1.54, 1.807) is 12.1 Å². The van der Waals surface area contributed by atoms with Crippen LogP contribution < -0.4 is 4.74 Å². The van der Waals surface area contributed by atoms with Crippen LogP contribution in [0.2, 0.25) is 0 Å². The average Bonchev–Trinajstić information content (AvgIpc) is 2.50. The third-order valence-electron chi connectivity index (χ3n) is 2.66. The van der Waals surface area contributed by atoms with Crippen LogP contribution in [0.1, 0.15) is 18.1 Å². The summed E-state index contributed by atoms with van der Waals surface area (Å²) in [7, 11) is 0. The molecule has 0 atom stereocenters. The van der Waals surface area contributed by atoms with Gasteiger partial charge in [0.2, 0.25) is 0 Å². The minimum absolute atomic E-state index is 0.0328. The Labute approximate surface area is 119 Å². The molecule has 2 rings (SSSR count). The molecule has 1 N–H and O–H groups in total. The van der Waals surface area contributed by atoms with E-state index < -0.39 is 0 Å². The molecular weight excluding hydrogens is 252 g/mol. The molecule has 0 saturated carbocycles. The van der Waals surface area contributed by atoms with Crippen molar-refractivity contribution in [2.45, 2.75) is 13.3 Å². The van der Waals surface area contributed by atoms with Crippen LogP contribution in [0.4, 0.5) is 0 Å². The standard InChI is InChI=1S/C10H12.C7H6O3/c1-3-9-5-7-10(4-2)8-6-9;8-5-10-7-4-2-1-3-6(7)9/h3,5-8H,1,4H2,2H3;1-5,9H. The first kappa shape index (κ1) is 15.5. The lowest BCUT2D eigenvalue weighted by Gasteiger charge is -1.97. The molecule has 20 heavy (non-hydrogen) atoms. The topological polar surface area (TPSA) is 46.5 Å². The minimum atomic E-state index is -0.0328. The summed E-state index contributed by atoms with van der Waals surface area (Å²) in [4.78, 5) is 9.79. The number of hydrogen-bond donors (Lipinski definition) is 1. The first-order valence-electron chi connectivity index (χ1n) is 6.31. The number of rotatable bonds is 4. The second-order valence-electron chi connectivity index (χ2n) is 3.98. The van der Waals surface area contributed by atoms with Gasteiger partial charge in [0.05, 0.1) is 0 Å². The molecule has 2 aromatic carbocycles. The molecule has 3 heteroatoms. The molecule has 0 aromatic heterocycles. The molecule has 0 aliphatic rings. The van der Waals surface area contributed by atoms with Crippen molar-refractivity contribution in [2.24, 2.45) is 0 Å². The van der Waals surface area contributed by atoms with Gasteiger partial charge in [-0.05, 0) is 29.7 Å². The van der Waals surface area contributed by atoms with Crippen molar-refractivity contribution in [3.63, 3.8) is 0 Å². The summed E-state index contributed by atoms with van der Waals surface area (Å²) in [6.45, 7) is 6.11. The predicted octanol–water partition coefficient (Wildman–Crippen LogP) is 3.82. The lowest BCUT2D eigenvalue weighted by Crippen LogP contribution is -1.87. The van der Waals surface area contributed by atoms with Gasteiger partial charge in [0, 0.05) is 0 Å². The third kappa shape index (κ3) is 4.98. The van der Waals surface area contributed by atoms with Gasteiger partial charge in [-0.3, -0.25) is 4.79 Å². The molecular formula is C17H18O3. The van der Waals surface area contributed by atoms with Crippen molar-refractivity contribution in [1.82, 2.24) is 0 Å². The quantitative estimate of drug-likeness (QED) is 0.859. The summed E-state index contributed by atoms with van der Waals surface area (Å²) in [5.41, 5.74) is 2.57. The van der Waals surface area contributed by atoms with Gasteiger partial charge >= 0.3 is 0 Å². The predicted molar refractivity (Wildman–Crippen MR) is 80.7 cm³/mol. The number of benzene rings is 2. The van der Waals surface area contributed by atoms with E-state index in [-0.39, 0.29) is 18.0 Å². The SMILES string of the molecule is C=Cc1ccc(CC)cc1.O=COc1ccccc1O. The summed E-state index contributed by atoms with van der Waals surface area (Å²) >= 11 is 0. The number of aromatic hydroxyl groups is 1. The van der Waals surface area contributed by atoms with Crippen LogP contribution in [-0.4, -0.2) is 11.6 Å². The lowest BCUT2D eigenvalue weighted by atomic mass is 10.1. The van der Waals surface area contributed by atoms with Crippen molar-refractivity contribution in [3.05, 3.63) is 66.2 Å². The fraction of sp³-hybridized carbons (Fsp3) is 0.118. The molecule has 0 fully saturated rings. The molecule has 0 bridgehead atoms. The Hall–Kier alpha value is -2.55. The highest BCUT2D eigenvalue weighted by atomic mass is 16.5. The van der Waals surface area contributed by atoms with Gasteiger partial charge in [-0.2, -0.15) is 0 Å². The van der Waals surface area contributed by atoms with Crippen LogP contribution >= 0.6 is 0 Å². The molecule has 0 spiro atoms. The summed E-state index contributed by atoms with van der Waals surface area (Å²) in [6, 6.07) is 14.7. The van der Waals surface area contributed by atoms with Crippen molar-refractivity contribution < 1.29 is 14.6 Å². The van der Waals surface area contributed by atoms with Gasteiger partial charge in [-0.1, -0.05) is 56.0 Å². The first-order chi connectivity index (χ1) is 9.71. The fourth-order valence-electron chi connectivity index (χ4n) is 1.50. The van der Waals surface area contributed by atoms with Crippen LogP contribution in [0.3, 0.4) is 0 Å². The van der Waals surface area contributed by atoms with Crippen molar-refractivity contribution in [3.8, 4) is 11.5 Å². The Kier molecular flexibility index (Phi) is 6.62. The minimum Gasteiger partial charge on any atom is -0.504 e. The molecule has 3 nitrogen and oxygen atoms in total. The van der Waals surface area contributed by atoms with E-state index >= 15 is 0 Å². The zero-order valence-electron chi connectivity index (χ0n) is 11.5. The number of phenolic OH excluding ortho intramolecular Hbond substituents is 1. The van der Waals surface area contributed by atoms with Gasteiger partial charge in [0.1, 0.15) is 0 Å². The largest absolute Gasteiger partial charge is 0.504 e. The zero-order valence-corrected chi connectivity index (χ0v) is 11.5. The van der Waals surface area contributed by atoms with Gasteiger partial charge in [-0.15, -0.1) is 0 Å². The second-order valence-corrected chi connectivity index (χ2v) is 3.98. The number of carbonyl (C=O) groups excluding carboxylic acids is 1. The summed E-state index contributed by atoms with van der Waals surface area (Å²) in [5.74, 6) is 0.145. The molecule has 0 radical (unpaired) electrons. The second kappa shape index (κ2) is 8.53. The Morgan fingerprint density at radius 2 is 1.80 bits per heavy atom. The Bertz CT molecular complexity index is 544. The molecule has 2 aromatic rings. The molecule has 0 unspecified atom stereocenters. The monoisotopic (exact) mass is 270 g/mol. The summed E-state index contributed by atoms with van der Waals surface area (Å²) in [6.07, 6.45) is 2.97. The zero-order chi connectivity index (χ0) is 14.8. The molecule has 0 heterocycles. The van der Waals surface area contributed by atoms with Gasteiger partial charge in [0.15, 0.2) is 11.5 Å². The normalized spacial score (nSPS) is 9.05. The van der Waals surface area contributed by atoms with Crippen LogP contribution in [0.15, 0.2) is 55.1 Å². The van der Waals surface area contributed by atoms with E-state index in [4.69, 9.17) is 5.11 Å². The van der Waals surface area contributed by atoms with E-state index in [2.05, 4.69) is 42.5 Å². The van der Waals surface area contributed by atoms with E-state index in [9.17, 15) is 4.79 Å². The smallest absolute Gasteiger partial charge is 0.298 e. The molecule has 0 amide bonds. The highest BCUT2D eigenvalue weighted by Gasteiger charge is 1.96. The lowest BCUT2D eigenvalue weighted by molar-refractivity contribution is -0.120. The maximum atomic E-state index is 9.79. The number of hydrogen-bond acceptors (Lipinski definition) is 3. The van der Waals surface area contributed by atoms with Crippen LogP contribution in [-0.2, 0) is 11.2 Å². The number of aryl methyl sites for hydroxylation is 1. The molecule has 0 aliphatic heterocycles. The van der Waals surface area contributed by atoms with Gasteiger partial charge in [0.25, 0.3) is 6.47 Å². The third-order valence-corrected chi connectivity index (χ3v) is 2.66.